The number of para-hydroxylation sites is 2. The zero-order chi connectivity index (χ0) is 17.5. The minimum atomic E-state index is -0.166. The summed E-state index contributed by atoms with van der Waals surface area (Å²) in [7, 11) is 5.02. The highest BCUT2D eigenvalue weighted by molar-refractivity contribution is 5.91. The van der Waals surface area contributed by atoms with Crippen LogP contribution in [0.3, 0.4) is 0 Å². The Bertz CT molecular complexity index is 671. The van der Waals surface area contributed by atoms with Crippen molar-refractivity contribution in [1.82, 2.24) is 4.90 Å². The fraction of sp³-hybridized carbons (Fsp3) is 0.316. The molecule has 2 aromatic rings. The fourth-order valence-electron chi connectivity index (χ4n) is 2.39. The number of benzene rings is 2. The molecule has 2 rings (SSSR count). The summed E-state index contributed by atoms with van der Waals surface area (Å²) in [6.07, 6.45) is 0.764. The van der Waals surface area contributed by atoms with E-state index in [4.69, 9.17) is 9.47 Å². The third-order valence-electron chi connectivity index (χ3n) is 4.02. The Morgan fingerprint density at radius 2 is 1.75 bits per heavy atom. The van der Waals surface area contributed by atoms with Crippen LogP contribution < -0.4 is 14.8 Å². The summed E-state index contributed by atoms with van der Waals surface area (Å²) in [5, 5.41) is 2.89. The van der Waals surface area contributed by atoms with Crippen LogP contribution in [0, 0.1) is 0 Å². The smallest absolute Gasteiger partial charge is 0.321 e. The zero-order valence-corrected chi connectivity index (χ0v) is 14.6. The first-order valence-electron chi connectivity index (χ1n) is 7.85. The van der Waals surface area contributed by atoms with Gasteiger partial charge in [-0.1, -0.05) is 24.3 Å². The van der Waals surface area contributed by atoms with Crippen LogP contribution in [0.4, 0.5) is 10.5 Å². The van der Waals surface area contributed by atoms with E-state index in [2.05, 4.69) is 5.32 Å². The van der Waals surface area contributed by atoms with E-state index in [1.807, 2.05) is 55.5 Å². The van der Waals surface area contributed by atoms with Gasteiger partial charge in [-0.3, -0.25) is 0 Å². The largest absolute Gasteiger partial charge is 0.497 e. The number of anilines is 1. The van der Waals surface area contributed by atoms with Gasteiger partial charge in [0.05, 0.1) is 19.9 Å². The molecule has 0 saturated heterocycles. The molecule has 0 heterocycles. The molecule has 0 aliphatic carbocycles. The molecule has 1 atom stereocenters. The van der Waals surface area contributed by atoms with E-state index in [9.17, 15) is 4.79 Å². The first-order chi connectivity index (χ1) is 11.5. The van der Waals surface area contributed by atoms with Crippen LogP contribution in [-0.2, 0) is 6.42 Å². The lowest BCUT2D eigenvalue weighted by Crippen LogP contribution is -2.39. The number of carbonyl (C=O) groups excluding carboxylic acids is 1. The van der Waals surface area contributed by atoms with Crippen molar-refractivity contribution in [3.8, 4) is 11.5 Å². The van der Waals surface area contributed by atoms with Crippen molar-refractivity contribution in [2.24, 2.45) is 0 Å². The molecular formula is C19H24N2O3. The Morgan fingerprint density at radius 3 is 2.38 bits per heavy atom. The molecule has 2 aromatic carbocycles. The number of methoxy groups -OCH3 is 2. The van der Waals surface area contributed by atoms with Gasteiger partial charge >= 0.3 is 6.03 Å². The minimum absolute atomic E-state index is 0.0492. The van der Waals surface area contributed by atoms with Crippen LogP contribution in [0.2, 0.25) is 0 Å². The lowest BCUT2D eigenvalue weighted by Gasteiger charge is -2.25. The second kappa shape index (κ2) is 8.24. The van der Waals surface area contributed by atoms with Crippen molar-refractivity contribution in [3.05, 3.63) is 54.1 Å². The number of carbonyl (C=O) groups is 1. The predicted molar refractivity (Wildman–Crippen MR) is 95.9 cm³/mol. The number of hydrogen-bond acceptors (Lipinski definition) is 3. The fourth-order valence-corrected chi connectivity index (χ4v) is 2.39. The number of urea groups is 1. The van der Waals surface area contributed by atoms with Crippen LogP contribution in [0.5, 0.6) is 11.5 Å². The Kier molecular flexibility index (Phi) is 6.07. The first-order valence-corrected chi connectivity index (χ1v) is 7.85. The summed E-state index contributed by atoms with van der Waals surface area (Å²) < 4.78 is 10.4. The van der Waals surface area contributed by atoms with Gasteiger partial charge in [0.1, 0.15) is 11.5 Å². The third kappa shape index (κ3) is 4.41. The molecule has 0 bridgehead atoms. The third-order valence-corrected chi connectivity index (χ3v) is 4.02. The van der Waals surface area contributed by atoms with Crippen LogP contribution >= 0.6 is 0 Å². The normalized spacial score (nSPS) is 11.5. The molecule has 0 aromatic heterocycles. The highest BCUT2D eigenvalue weighted by Gasteiger charge is 2.17. The maximum absolute atomic E-state index is 12.5. The monoisotopic (exact) mass is 328 g/mol. The van der Waals surface area contributed by atoms with Crippen LogP contribution in [0.1, 0.15) is 12.5 Å². The molecule has 128 valence electrons. The van der Waals surface area contributed by atoms with Crippen molar-refractivity contribution >= 4 is 11.7 Å². The van der Waals surface area contributed by atoms with E-state index in [1.54, 1.807) is 26.2 Å². The zero-order valence-electron chi connectivity index (χ0n) is 14.6. The van der Waals surface area contributed by atoms with Gasteiger partial charge in [0, 0.05) is 13.1 Å². The standard InChI is InChI=1S/C19H24N2O3/c1-14(13-15-9-11-16(23-3)12-10-15)21(2)19(22)20-17-7-5-6-8-18(17)24-4/h5-12,14H,13H2,1-4H3,(H,20,22)/t14-/m0/s1. The Morgan fingerprint density at radius 1 is 1.08 bits per heavy atom. The highest BCUT2D eigenvalue weighted by Crippen LogP contribution is 2.23. The van der Waals surface area contributed by atoms with Gasteiger partial charge in [-0.05, 0) is 43.2 Å². The summed E-state index contributed by atoms with van der Waals surface area (Å²) in [5.74, 6) is 1.47. The lowest BCUT2D eigenvalue weighted by atomic mass is 10.1. The second-order valence-corrected chi connectivity index (χ2v) is 5.64. The SMILES string of the molecule is COc1ccc(C[C@H](C)N(C)C(=O)Nc2ccccc2OC)cc1. The van der Waals surface area contributed by atoms with Crippen molar-refractivity contribution in [3.63, 3.8) is 0 Å². The molecule has 0 spiro atoms. The van der Waals surface area contributed by atoms with E-state index in [1.165, 1.54) is 0 Å². The van der Waals surface area contributed by atoms with Gasteiger partial charge in [0.25, 0.3) is 0 Å². The summed E-state index contributed by atoms with van der Waals surface area (Å²) in [6, 6.07) is 15.1. The molecule has 0 aliphatic heterocycles. The number of nitrogens with one attached hydrogen (secondary N) is 1. The minimum Gasteiger partial charge on any atom is -0.497 e. The van der Waals surface area contributed by atoms with Crippen LogP contribution in [-0.4, -0.2) is 38.2 Å². The average molecular weight is 328 g/mol. The van der Waals surface area contributed by atoms with Crippen molar-refractivity contribution in [2.75, 3.05) is 26.6 Å². The molecule has 1 N–H and O–H groups in total. The second-order valence-electron chi connectivity index (χ2n) is 5.64. The summed E-state index contributed by atoms with van der Waals surface area (Å²) in [4.78, 5) is 14.1. The van der Waals surface area contributed by atoms with E-state index in [0.717, 1.165) is 17.7 Å². The van der Waals surface area contributed by atoms with Gasteiger partial charge in [-0.15, -0.1) is 0 Å². The number of amides is 2. The molecular weight excluding hydrogens is 304 g/mol. The molecule has 5 nitrogen and oxygen atoms in total. The maximum atomic E-state index is 12.5. The van der Waals surface area contributed by atoms with Crippen LogP contribution in [0.25, 0.3) is 0 Å². The summed E-state index contributed by atoms with van der Waals surface area (Å²) in [5.41, 5.74) is 1.81. The molecule has 0 saturated carbocycles. The molecule has 0 aliphatic rings. The lowest BCUT2D eigenvalue weighted by molar-refractivity contribution is 0.207. The first kappa shape index (κ1) is 17.7. The van der Waals surface area contributed by atoms with Gasteiger partial charge in [0.2, 0.25) is 0 Å². The van der Waals surface area contributed by atoms with Gasteiger partial charge in [-0.25, -0.2) is 4.79 Å². The van der Waals surface area contributed by atoms with Crippen molar-refractivity contribution in [2.45, 2.75) is 19.4 Å². The maximum Gasteiger partial charge on any atom is 0.321 e. The summed E-state index contributed by atoms with van der Waals surface area (Å²) in [6.45, 7) is 2.02. The Labute approximate surface area is 143 Å². The molecule has 2 amide bonds. The number of nitrogens with zero attached hydrogens (tertiary/aromatic N) is 1. The van der Waals surface area contributed by atoms with Crippen molar-refractivity contribution < 1.29 is 14.3 Å². The van der Waals surface area contributed by atoms with Crippen molar-refractivity contribution in [1.29, 1.82) is 0 Å². The van der Waals surface area contributed by atoms with Gasteiger partial charge < -0.3 is 19.7 Å². The molecule has 24 heavy (non-hydrogen) atoms. The van der Waals surface area contributed by atoms with E-state index < -0.39 is 0 Å². The molecule has 5 heteroatoms. The number of ether oxygens (including phenoxy) is 2. The number of hydrogen-bond donors (Lipinski definition) is 1. The molecule has 0 unspecified atom stereocenters. The predicted octanol–water partition coefficient (Wildman–Crippen LogP) is 3.80. The molecule has 0 fully saturated rings. The highest BCUT2D eigenvalue weighted by atomic mass is 16.5. The Balaban J connectivity index is 1.98. The van der Waals surface area contributed by atoms with Gasteiger partial charge in [-0.2, -0.15) is 0 Å². The topological polar surface area (TPSA) is 50.8 Å². The average Bonchev–Trinajstić information content (AvgIpc) is 2.62. The molecule has 0 radical (unpaired) electrons. The number of likely N-dealkylation sites (N-methyl/N-ethyl adjacent to an activating group) is 1. The quantitative estimate of drug-likeness (QED) is 0.877. The summed E-state index contributed by atoms with van der Waals surface area (Å²) >= 11 is 0. The van der Waals surface area contributed by atoms with E-state index in [-0.39, 0.29) is 12.1 Å². The van der Waals surface area contributed by atoms with E-state index in [0.29, 0.717) is 11.4 Å². The van der Waals surface area contributed by atoms with Crippen LogP contribution in [0.15, 0.2) is 48.5 Å². The Hall–Kier alpha value is -2.69. The van der Waals surface area contributed by atoms with E-state index >= 15 is 0 Å². The number of rotatable bonds is 6. The van der Waals surface area contributed by atoms with Gasteiger partial charge in [0.15, 0.2) is 0 Å².